The first-order chi connectivity index (χ1) is 10.0. The van der Waals surface area contributed by atoms with Crippen LogP contribution in [0.2, 0.25) is 0 Å². The minimum Gasteiger partial charge on any atom is -0.487 e. The van der Waals surface area contributed by atoms with E-state index in [0.717, 1.165) is 5.56 Å². The zero-order valence-electron chi connectivity index (χ0n) is 11.8. The molecule has 6 nitrogen and oxygen atoms in total. The van der Waals surface area contributed by atoms with Crippen molar-refractivity contribution in [2.24, 2.45) is 0 Å². The molecule has 0 bridgehead atoms. The number of nitro benzene ring substituents is 1. The zero-order valence-corrected chi connectivity index (χ0v) is 11.8. The Morgan fingerprint density at radius 3 is 2.57 bits per heavy atom. The van der Waals surface area contributed by atoms with Crippen LogP contribution in [0.15, 0.2) is 36.4 Å². The van der Waals surface area contributed by atoms with Crippen LogP contribution in [0.25, 0.3) is 0 Å². The number of ether oxygens (including phenoxy) is 2. The number of benzene rings is 2. The van der Waals surface area contributed by atoms with Crippen molar-refractivity contribution in [2.45, 2.75) is 13.8 Å². The van der Waals surface area contributed by atoms with Gasteiger partial charge in [-0.2, -0.15) is 0 Å². The first-order valence-corrected chi connectivity index (χ1v) is 6.46. The quantitative estimate of drug-likeness (QED) is 0.515. The van der Waals surface area contributed by atoms with E-state index in [1.54, 1.807) is 25.1 Å². The van der Waals surface area contributed by atoms with Crippen molar-refractivity contribution < 1.29 is 14.4 Å². The molecule has 6 heteroatoms. The molecular weight excluding hydrogens is 272 g/mol. The minimum absolute atomic E-state index is 0.0850. The number of nitrogens with two attached hydrogens (primary N) is 1. The Hall–Kier alpha value is -2.76. The summed E-state index contributed by atoms with van der Waals surface area (Å²) in [6.07, 6.45) is 0. The van der Waals surface area contributed by atoms with Crippen LogP contribution in [-0.4, -0.2) is 11.5 Å². The number of aryl methyl sites for hydroxylation is 1. The van der Waals surface area contributed by atoms with Crippen LogP contribution in [0.5, 0.6) is 17.2 Å². The summed E-state index contributed by atoms with van der Waals surface area (Å²) in [6, 6.07) is 9.70. The fraction of sp³-hybridized carbons (Fsp3) is 0.200. The lowest BCUT2D eigenvalue weighted by Crippen LogP contribution is -1.98. The Bertz CT molecular complexity index is 671. The van der Waals surface area contributed by atoms with Gasteiger partial charge in [-0.25, -0.2) is 0 Å². The summed E-state index contributed by atoms with van der Waals surface area (Å²) < 4.78 is 11.0. The molecule has 2 aromatic rings. The third-order valence-electron chi connectivity index (χ3n) is 2.85. The van der Waals surface area contributed by atoms with Gasteiger partial charge in [0, 0.05) is 17.8 Å². The summed E-state index contributed by atoms with van der Waals surface area (Å²) in [7, 11) is 0. The van der Waals surface area contributed by atoms with E-state index in [1.165, 1.54) is 18.2 Å². The van der Waals surface area contributed by atoms with Gasteiger partial charge in [0.25, 0.3) is 0 Å². The second-order valence-corrected chi connectivity index (χ2v) is 4.45. The molecule has 2 aromatic carbocycles. The van der Waals surface area contributed by atoms with Crippen LogP contribution in [-0.2, 0) is 0 Å². The molecule has 0 amide bonds. The van der Waals surface area contributed by atoms with Gasteiger partial charge in [-0.05, 0) is 43.7 Å². The maximum atomic E-state index is 10.9. The molecule has 0 unspecified atom stereocenters. The lowest BCUT2D eigenvalue weighted by Gasteiger charge is -2.11. The molecule has 0 aliphatic heterocycles. The number of hydrogen-bond acceptors (Lipinski definition) is 5. The van der Waals surface area contributed by atoms with Gasteiger partial charge in [0.2, 0.25) is 5.75 Å². The molecule has 0 aliphatic rings. The van der Waals surface area contributed by atoms with E-state index in [9.17, 15) is 10.1 Å². The van der Waals surface area contributed by atoms with Crippen LogP contribution < -0.4 is 15.2 Å². The Morgan fingerprint density at radius 1 is 1.19 bits per heavy atom. The number of rotatable bonds is 5. The Kier molecular flexibility index (Phi) is 4.27. The van der Waals surface area contributed by atoms with E-state index >= 15 is 0 Å². The van der Waals surface area contributed by atoms with E-state index in [4.69, 9.17) is 15.2 Å². The molecule has 0 saturated carbocycles. The molecule has 0 radical (unpaired) electrons. The van der Waals surface area contributed by atoms with Gasteiger partial charge in [0.05, 0.1) is 11.5 Å². The predicted molar refractivity (Wildman–Crippen MR) is 79.9 cm³/mol. The average Bonchev–Trinajstić information content (AvgIpc) is 2.42. The number of nitrogen functional groups attached to an aromatic ring is 1. The highest BCUT2D eigenvalue weighted by atomic mass is 16.6. The molecular formula is C15H16N2O4. The molecule has 0 aliphatic carbocycles. The fourth-order valence-corrected chi connectivity index (χ4v) is 1.89. The second kappa shape index (κ2) is 6.13. The van der Waals surface area contributed by atoms with Crippen LogP contribution >= 0.6 is 0 Å². The number of anilines is 1. The Labute approximate surface area is 122 Å². The molecule has 110 valence electrons. The Balaban J connectivity index is 2.32. The first kappa shape index (κ1) is 14.6. The largest absolute Gasteiger partial charge is 0.487 e. The monoisotopic (exact) mass is 288 g/mol. The van der Waals surface area contributed by atoms with Crippen molar-refractivity contribution in [1.82, 2.24) is 0 Å². The summed E-state index contributed by atoms with van der Waals surface area (Å²) in [4.78, 5) is 10.4. The van der Waals surface area contributed by atoms with Crippen LogP contribution in [0.3, 0.4) is 0 Å². The highest BCUT2D eigenvalue weighted by Gasteiger charge is 2.16. The van der Waals surface area contributed by atoms with E-state index in [0.29, 0.717) is 23.8 Å². The van der Waals surface area contributed by atoms with Crippen molar-refractivity contribution in [3.8, 4) is 17.2 Å². The highest BCUT2D eigenvalue weighted by molar-refractivity contribution is 5.53. The minimum atomic E-state index is -0.483. The molecule has 2 N–H and O–H groups in total. The summed E-state index contributed by atoms with van der Waals surface area (Å²) in [5.74, 6) is 1.30. The molecule has 0 atom stereocenters. The smallest absolute Gasteiger partial charge is 0.311 e. The van der Waals surface area contributed by atoms with Crippen LogP contribution in [0.1, 0.15) is 12.5 Å². The summed E-state index contributed by atoms with van der Waals surface area (Å²) >= 11 is 0. The summed E-state index contributed by atoms with van der Waals surface area (Å²) in [6.45, 7) is 3.98. The molecule has 0 aromatic heterocycles. The van der Waals surface area contributed by atoms with E-state index < -0.39 is 4.92 Å². The molecule has 0 saturated heterocycles. The number of hydrogen-bond donors (Lipinski definition) is 1. The average molecular weight is 288 g/mol. The lowest BCUT2D eigenvalue weighted by atomic mass is 10.2. The summed E-state index contributed by atoms with van der Waals surface area (Å²) in [5, 5.41) is 10.9. The van der Waals surface area contributed by atoms with Gasteiger partial charge in [0.1, 0.15) is 11.5 Å². The highest BCUT2D eigenvalue weighted by Crippen LogP contribution is 2.34. The molecule has 0 heterocycles. The van der Waals surface area contributed by atoms with E-state index in [1.807, 2.05) is 6.92 Å². The Morgan fingerprint density at radius 2 is 1.95 bits per heavy atom. The lowest BCUT2D eigenvalue weighted by molar-refractivity contribution is -0.385. The third-order valence-corrected chi connectivity index (χ3v) is 2.85. The van der Waals surface area contributed by atoms with Gasteiger partial charge in [0.15, 0.2) is 0 Å². The number of nitrogens with zero attached hydrogens (tertiary/aromatic N) is 1. The van der Waals surface area contributed by atoms with Crippen molar-refractivity contribution in [2.75, 3.05) is 12.3 Å². The molecule has 0 spiro atoms. The molecule has 0 fully saturated rings. The van der Waals surface area contributed by atoms with Crippen molar-refractivity contribution in [3.05, 3.63) is 52.1 Å². The summed E-state index contributed by atoms with van der Waals surface area (Å²) in [5.41, 5.74) is 7.13. The SMILES string of the molecule is CCOc1cc(Oc2ccc(N)cc2C)ccc1[N+](=O)[O-]. The third kappa shape index (κ3) is 3.42. The predicted octanol–water partition coefficient (Wildman–Crippen LogP) is 3.68. The topological polar surface area (TPSA) is 87.6 Å². The van der Waals surface area contributed by atoms with E-state index in [-0.39, 0.29) is 11.4 Å². The zero-order chi connectivity index (χ0) is 15.4. The maximum absolute atomic E-state index is 10.9. The van der Waals surface area contributed by atoms with Crippen molar-refractivity contribution >= 4 is 11.4 Å². The number of nitro groups is 1. The maximum Gasteiger partial charge on any atom is 0.311 e. The standard InChI is InChI=1S/C15H16N2O4/c1-3-20-15-9-12(5-6-13(15)17(18)19)21-14-7-4-11(16)8-10(14)2/h4-9H,3,16H2,1-2H3. The van der Waals surface area contributed by atoms with Crippen LogP contribution in [0.4, 0.5) is 11.4 Å². The van der Waals surface area contributed by atoms with Crippen molar-refractivity contribution in [1.29, 1.82) is 0 Å². The van der Waals surface area contributed by atoms with Gasteiger partial charge in [-0.1, -0.05) is 0 Å². The van der Waals surface area contributed by atoms with Gasteiger partial charge in [-0.3, -0.25) is 10.1 Å². The van der Waals surface area contributed by atoms with E-state index in [2.05, 4.69) is 0 Å². The first-order valence-electron chi connectivity index (χ1n) is 6.46. The fourth-order valence-electron chi connectivity index (χ4n) is 1.89. The van der Waals surface area contributed by atoms with Crippen molar-refractivity contribution in [3.63, 3.8) is 0 Å². The molecule has 21 heavy (non-hydrogen) atoms. The van der Waals surface area contributed by atoms with Gasteiger partial charge < -0.3 is 15.2 Å². The van der Waals surface area contributed by atoms with Gasteiger partial charge in [-0.15, -0.1) is 0 Å². The second-order valence-electron chi connectivity index (χ2n) is 4.45. The van der Waals surface area contributed by atoms with Gasteiger partial charge >= 0.3 is 5.69 Å². The van der Waals surface area contributed by atoms with Crippen LogP contribution in [0, 0.1) is 17.0 Å². The normalized spacial score (nSPS) is 10.2. The molecule has 2 rings (SSSR count).